The number of nitrogens with one attached hydrogen (secondary N) is 3. The minimum Gasteiger partial charge on any atom is -0.326 e. The number of nitrogens with zero attached hydrogens (tertiary/aromatic N) is 2. The van der Waals surface area contributed by atoms with Crippen molar-refractivity contribution in [3.8, 4) is 6.07 Å². The van der Waals surface area contributed by atoms with E-state index in [9.17, 15) is 22.9 Å². The Hall–Kier alpha value is -2.06. The molecule has 4 bridgehead atoms. The molecule has 1 aromatic carbocycles. The third-order valence-electron chi connectivity index (χ3n) is 8.13. The van der Waals surface area contributed by atoms with Gasteiger partial charge in [0.05, 0.1) is 12.6 Å². The van der Waals surface area contributed by atoms with E-state index in [1.807, 2.05) is 0 Å². The first-order valence-corrected chi connectivity index (χ1v) is 13.6. The number of amides is 1. The molecule has 3 atom stereocenters. The smallest absolute Gasteiger partial charge is 0.277 e. The van der Waals surface area contributed by atoms with Gasteiger partial charge in [0.2, 0.25) is 5.91 Å². The molecule has 10 heteroatoms. The zero-order valence-corrected chi connectivity index (χ0v) is 20.0. The van der Waals surface area contributed by atoms with Crippen LogP contribution in [0.15, 0.2) is 24.3 Å². The Morgan fingerprint density at radius 1 is 1.15 bits per heavy atom. The highest BCUT2D eigenvalue weighted by molar-refractivity contribution is 7.87. The lowest BCUT2D eigenvalue weighted by atomic mass is 9.50. The summed E-state index contributed by atoms with van der Waals surface area (Å²) in [4.78, 5) is 14.5. The standard InChI is InChI=1S/C24H32FN5O3S/c25-20-5-3-17(4-6-20)14-28-34(32,33)29-24-11-18-8-19(12-24)10-23(9-18,16-24)27-15-22(31)30-7-1-2-21(30)13-26/h3-6,18-19,21,27-29H,1-2,7-12,14-16H2. The van der Waals surface area contributed by atoms with Gasteiger partial charge < -0.3 is 10.2 Å². The van der Waals surface area contributed by atoms with Crippen molar-refractivity contribution in [3.05, 3.63) is 35.6 Å². The van der Waals surface area contributed by atoms with Gasteiger partial charge in [0.1, 0.15) is 11.9 Å². The molecule has 1 aliphatic heterocycles. The zero-order chi connectivity index (χ0) is 24.0. The van der Waals surface area contributed by atoms with E-state index in [2.05, 4.69) is 20.8 Å². The minimum absolute atomic E-state index is 0.0459. The third kappa shape index (κ3) is 4.85. The van der Waals surface area contributed by atoms with Crippen molar-refractivity contribution in [1.82, 2.24) is 19.7 Å². The van der Waals surface area contributed by atoms with Crippen molar-refractivity contribution >= 4 is 16.1 Å². The molecule has 1 aromatic rings. The van der Waals surface area contributed by atoms with Crippen molar-refractivity contribution in [2.24, 2.45) is 11.8 Å². The van der Waals surface area contributed by atoms with Gasteiger partial charge in [-0.3, -0.25) is 4.79 Å². The molecule has 3 unspecified atom stereocenters. The Kier molecular flexibility index (Phi) is 6.17. The van der Waals surface area contributed by atoms with Gasteiger partial charge in [0, 0.05) is 24.2 Å². The second-order valence-electron chi connectivity index (χ2n) is 10.8. The third-order valence-corrected chi connectivity index (χ3v) is 9.35. The lowest BCUT2D eigenvalue weighted by molar-refractivity contribution is -0.131. The van der Waals surface area contributed by atoms with Crippen LogP contribution in [0.25, 0.3) is 0 Å². The summed E-state index contributed by atoms with van der Waals surface area (Å²) in [5.74, 6) is 0.433. The van der Waals surface area contributed by atoms with Crippen LogP contribution in [0.3, 0.4) is 0 Å². The summed E-state index contributed by atoms with van der Waals surface area (Å²) in [6, 6.07) is 7.64. The number of hydrogen-bond donors (Lipinski definition) is 3. The Labute approximate surface area is 200 Å². The Morgan fingerprint density at radius 3 is 2.50 bits per heavy atom. The van der Waals surface area contributed by atoms with Crippen molar-refractivity contribution < 1.29 is 17.6 Å². The topological polar surface area (TPSA) is 114 Å². The maximum Gasteiger partial charge on any atom is 0.277 e. The molecule has 6 rings (SSSR count). The molecule has 3 N–H and O–H groups in total. The minimum atomic E-state index is -3.77. The summed E-state index contributed by atoms with van der Waals surface area (Å²) in [5.41, 5.74) is -0.106. The summed E-state index contributed by atoms with van der Waals surface area (Å²) >= 11 is 0. The van der Waals surface area contributed by atoms with Gasteiger partial charge in [-0.05, 0) is 80.9 Å². The van der Waals surface area contributed by atoms with Crippen molar-refractivity contribution in [1.29, 1.82) is 5.26 Å². The molecule has 5 fully saturated rings. The van der Waals surface area contributed by atoms with E-state index >= 15 is 0 Å². The summed E-state index contributed by atoms with van der Waals surface area (Å²) < 4.78 is 44.6. The Bertz CT molecular complexity index is 1070. The summed E-state index contributed by atoms with van der Waals surface area (Å²) in [5, 5.41) is 12.8. The van der Waals surface area contributed by atoms with E-state index in [4.69, 9.17) is 0 Å². The normalized spacial score (nSPS) is 34.4. The molecule has 4 saturated carbocycles. The van der Waals surface area contributed by atoms with Crippen molar-refractivity contribution in [2.45, 2.75) is 75.0 Å². The summed E-state index contributed by atoms with van der Waals surface area (Å²) in [6.07, 6.45) is 6.85. The lowest BCUT2D eigenvalue weighted by Crippen LogP contribution is -2.70. The highest BCUT2D eigenvalue weighted by Gasteiger charge is 2.58. The second-order valence-corrected chi connectivity index (χ2v) is 12.3. The number of carbonyl (C=O) groups is 1. The SMILES string of the molecule is N#CC1CCCN1C(=O)CNC12CC3CC(C1)CC(NS(=O)(=O)NCc1ccc(F)cc1)(C3)C2. The molecule has 0 spiro atoms. The molecular weight excluding hydrogens is 457 g/mol. The predicted octanol–water partition coefficient (Wildman–Crippen LogP) is 1.95. The maximum absolute atomic E-state index is 13.1. The fraction of sp³-hybridized carbons (Fsp3) is 0.667. The average molecular weight is 490 g/mol. The molecule has 184 valence electrons. The first-order valence-electron chi connectivity index (χ1n) is 12.2. The monoisotopic (exact) mass is 489 g/mol. The van der Waals surface area contributed by atoms with Gasteiger partial charge in [-0.25, -0.2) is 4.39 Å². The molecule has 1 heterocycles. The lowest BCUT2D eigenvalue weighted by Gasteiger charge is -2.62. The van der Waals surface area contributed by atoms with E-state index in [1.54, 1.807) is 17.0 Å². The molecule has 4 aliphatic carbocycles. The zero-order valence-electron chi connectivity index (χ0n) is 19.2. The van der Waals surface area contributed by atoms with Crippen LogP contribution in [0.1, 0.15) is 56.9 Å². The van der Waals surface area contributed by atoms with Gasteiger partial charge in [-0.2, -0.15) is 23.1 Å². The van der Waals surface area contributed by atoms with Crippen LogP contribution < -0.4 is 14.8 Å². The molecule has 0 radical (unpaired) electrons. The van der Waals surface area contributed by atoms with Crippen LogP contribution in [0, 0.1) is 29.0 Å². The summed E-state index contributed by atoms with van der Waals surface area (Å²) in [6.45, 7) is 0.899. The Balaban J connectivity index is 1.24. The van der Waals surface area contributed by atoms with Crippen LogP contribution in [-0.4, -0.2) is 49.4 Å². The highest BCUT2D eigenvalue weighted by atomic mass is 32.2. The number of likely N-dealkylation sites (tertiary alicyclic amines) is 1. The number of carbonyl (C=O) groups excluding carboxylic acids is 1. The van der Waals surface area contributed by atoms with Gasteiger partial charge in [-0.1, -0.05) is 12.1 Å². The first-order chi connectivity index (χ1) is 16.2. The van der Waals surface area contributed by atoms with Gasteiger partial charge in [0.25, 0.3) is 10.2 Å². The van der Waals surface area contributed by atoms with E-state index in [0.29, 0.717) is 30.4 Å². The van der Waals surface area contributed by atoms with Crippen molar-refractivity contribution in [2.75, 3.05) is 13.1 Å². The molecule has 8 nitrogen and oxygen atoms in total. The van der Waals surface area contributed by atoms with E-state index in [0.717, 1.165) is 44.9 Å². The van der Waals surface area contributed by atoms with Crippen LogP contribution in [0.4, 0.5) is 4.39 Å². The molecule has 1 amide bonds. The van der Waals surface area contributed by atoms with Crippen LogP contribution in [0.5, 0.6) is 0 Å². The fourth-order valence-corrected chi connectivity index (χ4v) is 8.49. The summed E-state index contributed by atoms with van der Waals surface area (Å²) in [7, 11) is -3.77. The molecular formula is C24H32FN5O3S. The molecule has 5 aliphatic rings. The van der Waals surface area contributed by atoms with Crippen LogP contribution in [0.2, 0.25) is 0 Å². The second kappa shape index (κ2) is 8.86. The fourth-order valence-electron chi connectivity index (χ4n) is 7.25. The van der Waals surface area contributed by atoms with Gasteiger partial charge in [0.15, 0.2) is 0 Å². The Morgan fingerprint density at radius 2 is 1.82 bits per heavy atom. The van der Waals surface area contributed by atoms with Gasteiger partial charge in [-0.15, -0.1) is 0 Å². The first kappa shape index (κ1) is 23.7. The van der Waals surface area contributed by atoms with Crippen LogP contribution in [-0.2, 0) is 21.5 Å². The number of halogens is 1. The average Bonchev–Trinajstić information content (AvgIpc) is 3.25. The van der Waals surface area contributed by atoms with Crippen molar-refractivity contribution in [3.63, 3.8) is 0 Å². The predicted molar refractivity (Wildman–Crippen MR) is 124 cm³/mol. The quantitative estimate of drug-likeness (QED) is 0.516. The van der Waals surface area contributed by atoms with E-state index in [-0.39, 0.29) is 36.4 Å². The largest absolute Gasteiger partial charge is 0.326 e. The van der Waals surface area contributed by atoms with Crippen LogP contribution >= 0.6 is 0 Å². The molecule has 0 aromatic heterocycles. The number of rotatable bonds is 8. The van der Waals surface area contributed by atoms with E-state index < -0.39 is 15.7 Å². The number of benzene rings is 1. The van der Waals surface area contributed by atoms with E-state index in [1.165, 1.54) is 12.1 Å². The highest BCUT2D eigenvalue weighted by Crippen LogP contribution is 2.57. The molecule has 1 saturated heterocycles. The number of nitriles is 1. The van der Waals surface area contributed by atoms with Gasteiger partial charge >= 0.3 is 0 Å². The number of hydrogen-bond acceptors (Lipinski definition) is 5. The molecule has 34 heavy (non-hydrogen) atoms. The maximum atomic E-state index is 13.1.